The quantitative estimate of drug-likeness (QED) is 0.0261. The zero-order valence-corrected chi connectivity index (χ0v) is 54.9. The Hall–Kier alpha value is -3.67. The van der Waals surface area contributed by atoms with Gasteiger partial charge in [-0.1, -0.05) is 330 Å². The summed E-state index contributed by atoms with van der Waals surface area (Å²) >= 11 is 0. The molecule has 0 saturated carbocycles. The molecule has 0 amide bonds. The molecule has 0 rings (SSSR count). The molecule has 0 radical (unpaired) electrons. The van der Waals surface area contributed by atoms with Gasteiger partial charge in [-0.15, -0.1) is 0 Å². The molecule has 0 fully saturated rings. The fourth-order valence-electron chi connectivity index (χ4n) is 10.2. The molecule has 0 bridgehead atoms. The molecule has 0 spiro atoms. The number of ether oxygens (including phenoxy) is 3. The van der Waals surface area contributed by atoms with Gasteiger partial charge in [-0.2, -0.15) is 0 Å². The van der Waals surface area contributed by atoms with Gasteiger partial charge in [-0.05, 0) is 103 Å². The van der Waals surface area contributed by atoms with Crippen molar-refractivity contribution < 1.29 is 28.6 Å². The van der Waals surface area contributed by atoms with Crippen molar-refractivity contribution >= 4 is 17.9 Å². The third-order valence-corrected chi connectivity index (χ3v) is 15.6. The van der Waals surface area contributed by atoms with Crippen LogP contribution >= 0.6 is 0 Å². The van der Waals surface area contributed by atoms with Crippen LogP contribution in [0.1, 0.15) is 355 Å². The number of unbranched alkanes of at least 4 members (excludes halogenated alkanes) is 38. The van der Waals surface area contributed by atoms with Crippen molar-refractivity contribution in [2.75, 3.05) is 13.2 Å². The van der Waals surface area contributed by atoms with Gasteiger partial charge in [0.05, 0.1) is 0 Å². The van der Waals surface area contributed by atoms with Gasteiger partial charge < -0.3 is 14.2 Å². The van der Waals surface area contributed by atoms with Crippen molar-refractivity contribution in [1.29, 1.82) is 0 Å². The number of carbonyl (C=O) groups is 3. The first kappa shape index (κ1) is 79.3. The van der Waals surface area contributed by atoms with Crippen molar-refractivity contribution in [3.63, 3.8) is 0 Å². The number of hydrogen-bond acceptors (Lipinski definition) is 6. The summed E-state index contributed by atoms with van der Waals surface area (Å²) in [5.41, 5.74) is 0. The minimum absolute atomic E-state index is 0.0881. The second kappa shape index (κ2) is 70.8. The fourth-order valence-corrected chi connectivity index (χ4v) is 10.2. The molecule has 0 aromatic rings. The number of esters is 3. The molecule has 0 aromatic heterocycles. The van der Waals surface area contributed by atoms with E-state index < -0.39 is 6.10 Å². The first-order chi connectivity index (χ1) is 41.0. The molecule has 0 N–H and O–H groups in total. The zero-order valence-electron chi connectivity index (χ0n) is 54.9. The average molecular weight is 1160 g/mol. The summed E-state index contributed by atoms with van der Waals surface area (Å²) in [5, 5.41) is 0. The normalized spacial score (nSPS) is 12.7. The first-order valence-electron chi connectivity index (χ1n) is 35.7. The van der Waals surface area contributed by atoms with E-state index in [-0.39, 0.29) is 31.1 Å². The monoisotopic (exact) mass is 1160 g/mol. The highest BCUT2D eigenvalue weighted by Gasteiger charge is 2.19. The Morgan fingerprint density at radius 3 is 0.747 bits per heavy atom. The predicted octanol–water partition coefficient (Wildman–Crippen LogP) is 24.8. The molecule has 0 heterocycles. The standard InChI is InChI=1S/C77H134O6/c1-4-7-10-13-16-19-22-25-28-31-34-36-38-40-41-43-46-49-52-55-58-61-64-67-70-76(79)82-73-74(72-81-75(78)69-66-63-60-57-54-51-48-45-33-30-27-24-21-18-15-12-9-6-3)83-77(80)71-68-65-62-59-56-53-50-47-44-42-39-37-35-32-29-26-23-20-17-14-11-8-5-2/h8,11,17,20-21,24,26,29-30,33,35,37,42,44,50,53,74H,4-7,9-10,12-16,18-19,22-23,25,27-28,31-32,34,36,38-41,43,45-49,51-52,54-73H2,1-3H3/b11-8-,20-17-,24-21-,29-26-,33-30-,37-35-,44-42-,53-50-. The Labute approximate surface area is 515 Å². The van der Waals surface area contributed by atoms with Crippen LogP contribution in [0.2, 0.25) is 0 Å². The average Bonchev–Trinajstić information content (AvgIpc) is 3.49. The van der Waals surface area contributed by atoms with E-state index in [1.54, 1.807) is 0 Å². The summed E-state index contributed by atoms with van der Waals surface area (Å²) in [6.45, 7) is 6.53. The highest BCUT2D eigenvalue weighted by Crippen LogP contribution is 2.18. The van der Waals surface area contributed by atoms with Gasteiger partial charge in [-0.25, -0.2) is 0 Å². The van der Waals surface area contributed by atoms with Crippen LogP contribution in [-0.4, -0.2) is 37.2 Å². The Kier molecular flexibility index (Phi) is 67.7. The largest absolute Gasteiger partial charge is 0.462 e. The maximum atomic E-state index is 13.0. The van der Waals surface area contributed by atoms with Gasteiger partial charge in [0.15, 0.2) is 6.10 Å². The lowest BCUT2D eigenvalue weighted by Gasteiger charge is -2.18. The number of allylic oxidation sites excluding steroid dienone is 16. The predicted molar refractivity (Wildman–Crippen MR) is 362 cm³/mol. The molecule has 6 nitrogen and oxygen atoms in total. The second-order valence-corrected chi connectivity index (χ2v) is 23.8. The van der Waals surface area contributed by atoms with E-state index in [2.05, 4.69) is 118 Å². The van der Waals surface area contributed by atoms with Crippen molar-refractivity contribution in [2.45, 2.75) is 361 Å². The van der Waals surface area contributed by atoms with Crippen LogP contribution in [0, 0.1) is 0 Å². The van der Waals surface area contributed by atoms with Gasteiger partial charge >= 0.3 is 17.9 Å². The van der Waals surface area contributed by atoms with Crippen LogP contribution < -0.4 is 0 Å². The van der Waals surface area contributed by atoms with E-state index in [4.69, 9.17) is 14.2 Å². The smallest absolute Gasteiger partial charge is 0.306 e. The van der Waals surface area contributed by atoms with Gasteiger partial charge in [0.25, 0.3) is 0 Å². The minimum atomic E-state index is -0.797. The van der Waals surface area contributed by atoms with Crippen LogP contribution in [0.3, 0.4) is 0 Å². The molecular formula is C77H134O6. The minimum Gasteiger partial charge on any atom is -0.462 e. The van der Waals surface area contributed by atoms with Crippen LogP contribution in [0.25, 0.3) is 0 Å². The second-order valence-electron chi connectivity index (χ2n) is 23.8. The van der Waals surface area contributed by atoms with Gasteiger partial charge in [0.1, 0.15) is 13.2 Å². The van der Waals surface area contributed by atoms with E-state index in [1.807, 2.05) is 0 Å². The molecule has 6 heteroatoms. The van der Waals surface area contributed by atoms with Gasteiger partial charge in [0.2, 0.25) is 0 Å². The first-order valence-corrected chi connectivity index (χ1v) is 35.7. The topological polar surface area (TPSA) is 78.9 Å². The van der Waals surface area contributed by atoms with Crippen molar-refractivity contribution in [2.24, 2.45) is 0 Å². The summed E-state index contributed by atoms with van der Waals surface area (Å²) in [7, 11) is 0. The third-order valence-electron chi connectivity index (χ3n) is 15.6. The molecule has 0 aliphatic rings. The molecule has 1 atom stereocenters. The lowest BCUT2D eigenvalue weighted by molar-refractivity contribution is -0.167. The van der Waals surface area contributed by atoms with Crippen molar-refractivity contribution in [1.82, 2.24) is 0 Å². The lowest BCUT2D eigenvalue weighted by Crippen LogP contribution is -2.30. The van der Waals surface area contributed by atoms with E-state index in [1.165, 1.54) is 193 Å². The van der Waals surface area contributed by atoms with Gasteiger partial charge in [0, 0.05) is 19.3 Å². The van der Waals surface area contributed by atoms with Crippen LogP contribution in [0.5, 0.6) is 0 Å². The summed E-state index contributed by atoms with van der Waals surface area (Å²) in [6.07, 6.45) is 95.7. The van der Waals surface area contributed by atoms with Crippen molar-refractivity contribution in [3.05, 3.63) is 97.2 Å². The SMILES string of the molecule is CC/C=C\C/C=C\C/C=C\C/C=C\C/C=C\C/C=C\CCCCCCC(=O)OC(COC(=O)CCCCCCCCC/C=C\C/C=C\CCCCCC)COC(=O)CCCCCCCCCCCCCCCCCCCCCCCCCC. The summed E-state index contributed by atoms with van der Waals surface area (Å²) in [5.74, 6) is -0.904. The van der Waals surface area contributed by atoms with Crippen LogP contribution in [-0.2, 0) is 28.6 Å². The van der Waals surface area contributed by atoms with E-state index in [9.17, 15) is 14.4 Å². The van der Waals surface area contributed by atoms with Crippen LogP contribution in [0.4, 0.5) is 0 Å². The fraction of sp³-hybridized carbons (Fsp3) is 0.753. The number of rotatable bonds is 65. The Balaban J connectivity index is 4.40. The molecule has 0 aromatic carbocycles. The molecule has 0 saturated heterocycles. The van der Waals surface area contributed by atoms with E-state index in [0.717, 1.165) is 122 Å². The maximum Gasteiger partial charge on any atom is 0.306 e. The number of carbonyl (C=O) groups excluding carboxylic acids is 3. The van der Waals surface area contributed by atoms with E-state index in [0.29, 0.717) is 19.3 Å². The maximum absolute atomic E-state index is 13.0. The van der Waals surface area contributed by atoms with Crippen molar-refractivity contribution in [3.8, 4) is 0 Å². The Morgan fingerprint density at radius 1 is 0.253 bits per heavy atom. The molecular weight excluding hydrogens is 1020 g/mol. The summed E-state index contributed by atoms with van der Waals surface area (Å²) < 4.78 is 17.0. The lowest BCUT2D eigenvalue weighted by atomic mass is 10.0. The molecule has 1 unspecified atom stereocenters. The molecule has 478 valence electrons. The highest BCUT2D eigenvalue weighted by molar-refractivity contribution is 5.71. The van der Waals surface area contributed by atoms with Crippen LogP contribution in [0.15, 0.2) is 97.2 Å². The number of hydrogen-bond donors (Lipinski definition) is 0. The molecule has 83 heavy (non-hydrogen) atoms. The summed E-state index contributed by atoms with van der Waals surface area (Å²) in [4.78, 5) is 38.5. The highest BCUT2D eigenvalue weighted by atomic mass is 16.6. The third kappa shape index (κ3) is 69.0. The zero-order chi connectivity index (χ0) is 59.9. The Morgan fingerprint density at radius 2 is 0.470 bits per heavy atom. The Bertz CT molecular complexity index is 1610. The van der Waals surface area contributed by atoms with Gasteiger partial charge in [-0.3, -0.25) is 14.4 Å². The summed E-state index contributed by atoms with van der Waals surface area (Å²) in [6, 6.07) is 0. The molecule has 0 aliphatic carbocycles. The molecule has 0 aliphatic heterocycles. The van der Waals surface area contributed by atoms with E-state index >= 15 is 0 Å².